The number of nitro groups is 1. The van der Waals surface area contributed by atoms with Crippen LogP contribution in [0, 0.1) is 10.1 Å². The number of hydrogen-bond donors (Lipinski definition) is 0. The van der Waals surface area contributed by atoms with Crippen molar-refractivity contribution in [1.82, 2.24) is 14.7 Å². The van der Waals surface area contributed by atoms with E-state index in [1.807, 2.05) is 11.0 Å². The first-order valence-electron chi connectivity index (χ1n) is 10.4. The smallest absolute Gasteiger partial charge is 0.272 e. The van der Waals surface area contributed by atoms with Crippen molar-refractivity contribution in [3.8, 4) is 28.4 Å². The van der Waals surface area contributed by atoms with Crippen molar-refractivity contribution in [2.75, 3.05) is 27.3 Å². The quantitative estimate of drug-likeness (QED) is 0.426. The lowest BCUT2D eigenvalue weighted by Gasteiger charge is -2.26. The number of carbonyl (C=O) groups excluding carboxylic acids is 1. The van der Waals surface area contributed by atoms with Crippen LogP contribution in [0.1, 0.15) is 29.8 Å². The van der Waals surface area contributed by atoms with Crippen LogP contribution in [0.5, 0.6) is 11.5 Å². The van der Waals surface area contributed by atoms with E-state index in [0.717, 1.165) is 19.3 Å². The van der Waals surface area contributed by atoms with E-state index >= 15 is 0 Å². The molecule has 0 saturated carbocycles. The Morgan fingerprint density at radius 2 is 1.72 bits per heavy atom. The van der Waals surface area contributed by atoms with Crippen LogP contribution in [0.2, 0.25) is 0 Å². The first kappa shape index (κ1) is 21.4. The molecule has 0 bridgehead atoms. The van der Waals surface area contributed by atoms with Crippen LogP contribution < -0.4 is 9.47 Å². The maximum absolute atomic E-state index is 13.4. The van der Waals surface area contributed by atoms with Gasteiger partial charge in [-0.15, -0.1) is 0 Å². The maximum atomic E-state index is 13.4. The van der Waals surface area contributed by atoms with Crippen LogP contribution >= 0.6 is 0 Å². The van der Waals surface area contributed by atoms with Gasteiger partial charge in [0.25, 0.3) is 11.6 Å². The average Bonchev–Trinajstić information content (AvgIpc) is 3.29. The fourth-order valence-electron chi connectivity index (χ4n) is 3.85. The molecule has 0 spiro atoms. The summed E-state index contributed by atoms with van der Waals surface area (Å²) < 4.78 is 12.3. The second-order valence-corrected chi connectivity index (χ2v) is 7.52. The largest absolute Gasteiger partial charge is 0.497 e. The van der Waals surface area contributed by atoms with Gasteiger partial charge in [0.1, 0.15) is 17.2 Å². The highest BCUT2D eigenvalue weighted by Gasteiger charge is 2.25. The van der Waals surface area contributed by atoms with Gasteiger partial charge in [0, 0.05) is 36.9 Å². The molecule has 3 aromatic rings. The van der Waals surface area contributed by atoms with Gasteiger partial charge in [0.05, 0.1) is 30.5 Å². The Morgan fingerprint density at radius 1 is 1.00 bits per heavy atom. The van der Waals surface area contributed by atoms with Gasteiger partial charge < -0.3 is 14.4 Å². The summed E-state index contributed by atoms with van der Waals surface area (Å²) in [6.45, 7) is 1.40. The fraction of sp³-hybridized carbons (Fsp3) is 0.304. The third-order valence-corrected chi connectivity index (χ3v) is 5.56. The fourth-order valence-corrected chi connectivity index (χ4v) is 3.85. The summed E-state index contributed by atoms with van der Waals surface area (Å²) in [5, 5.41) is 15.7. The Balaban J connectivity index is 1.81. The molecule has 0 atom stereocenters. The standard InChI is InChI=1S/C23H24N4O5/c1-31-18-10-11-19(22(14-18)32-2)20-15-21(23(28)25-12-4-3-5-13-25)26(24-20)16-6-8-17(9-7-16)27(29)30/h6-11,14-15H,3-5,12-13H2,1-2H3. The molecule has 1 saturated heterocycles. The summed E-state index contributed by atoms with van der Waals surface area (Å²) in [6.07, 6.45) is 3.05. The van der Waals surface area contributed by atoms with E-state index < -0.39 is 4.92 Å². The number of ether oxygens (including phenoxy) is 2. The minimum Gasteiger partial charge on any atom is -0.497 e. The monoisotopic (exact) mass is 436 g/mol. The summed E-state index contributed by atoms with van der Waals surface area (Å²) in [4.78, 5) is 25.8. The molecule has 2 aromatic carbocycles. The minimum atomic E-state index is -0.458. The van der Waals surface area contributed by atoms with Gasteiger partial charge in [0.2, 0.25) is 0 Å². The van der Waals surface area contributed by atoms with E-state index in [1.54, 1.807) is 49.2 Å². The van der Waals surface area contributed by atoms with Crippen molar-refractivity contribution in [2.24, 2.45) is 0 Å². The number of methoxy groups -OCH3 is 2. The van der Waals surface area contributed by atoms with Crippen LogP contribution in [-0.2, 0) is 0 Å². The zero-order valence-corrected chi connectivity index (χ0v) is 18.0. The summed E-state index contributed by atoms with van der Waals surface area (Å²) in [5.41, 5.74) is 2.20. The normalized spacial score (nSPS) is 13.6. The summed E-state index contributed by atoms with van der Waals surface area (Å²) in [5.74, 6) is 1.09. The van der Waals surface area contributed by atoms with Crippen LogP contribution in [0.25, 0.3) is 16.9 Å². The second-order valence-electron chi connectivity index (χ2n) is 7.52. The third kappa shape index (κ3) is 4.14. The van der Waals surface area contributed by atoms with E-state index in [2.05, 4.69) is 5.10 Å². The molecule has 166 valence electrons. The highest BCUT2D eigenvalue weighted by atomic mass is 16.6. The second kappa shape index (κ2) is 9.09. The van der Waals surface area contributed by atoms with Crippen molar-refractivity contribution in [3.63, 3.8) is 0 Å². The molecule has 1 aliphatic heterocycles. The number of non-ortho nitro benzene ring substituents is 1. The lowest BCUT2D eigenvalue weighted by atomic mass is 10.1. The van der Waals surface area contributed by atoms with Crippen LogP contribution in [0.3, 0.4) is 0 Å². The number of nitro benzene ring substituents is 1. The molecule has 1 fully saturated rings. The Hall–Kier alpha value is -3.88. The first-order chi connectivity index (χ1) is 15.5. The predicted molar refractivity (Wildman–Crippen MR) is 119 cm³/mol. The number of aromatic nitrogens is 2. The lowest BCUT2D eigenvalue weighted by Crippen LogP contribution is -2.36. The highest BCUT2D eigenvalue weighted by Crippen LogP contribution is 2.34. The Kier molecular flexibility index (Phi) is 6.07. The lowest BCUT2D eigenvalue weighted by molar-refractivity contribution is -0.384. The van der Waals surface area contributed by atoms with E-state index in [4.69, 9.17) is 9.47 Å². The van der Waals surface area contributed by atoms with Gasteiger partial charge in [-0.25, -0.2) is 4.68 Å². The first-order valence-corrected chi connectivity index (χ1v) is 10.4. The molecule has 1 aliphatic rings. The SMILES string of the molecule is COc1ccc(-c2cc(C(=O)N3CCCCC3)n(-c3ccc([N+](=O)[O-])cc3)n2)c(OC)c1. The van der Waals surface area contributed by atoms with Crippen molar-refractivity contribution in [2.45, 2.75) is 19.3 Å². The Bertz CT molecular complexity index is 1130. The van der Waals surface area contributed by atoms with Crippen LogP contribution in [0.4, 0.5) is 5.69 Å². The topological polar surface area (TPSA) is 99.7 Å². The maximum Gasteiger partial charge on any atom is 0.272 e. The number of carbonyl (C=O) groups is 1. The molecule has 4 rings (SSSR count). The van der Waals surface area contributed by atoms with Crippen molar-refractivity contribution >= 4 is 11.6 Å². The zero-order chi connectivity index (χ0) is 22.7. The molecule has 0 N–H and O–H groups in total. The van der Waals surface area contributed by atoms with Crippen LogP contribution in [0.15, 0.2) is 48.5 Å². The van der Waals surface area contributed by atoms with Crippen LogP contribution in [-0.4, -0.2) is 52.8 Å². The minimum absolute atomic E-state index is 0.0261. The van der Waals surface area contributed by atoms with Crippen molar-refractivity contribution < 1.29 is 19.2 Å². The molecule has 1 amide bonds. The number of amides is 1. The van der Waals surface area contributed by atoms with E-state index in [-0.39, 0.29) is 11.6 Å². The molecular formula is C23H24N4O5. The number of likely N-dealkylation sites (tertiary alicyclic amines) is 1. The van der Waals surface area contributed by atoms with E-state index in [0.29, 0.717) is 47.2 Å². The zero-order valence-electron chi connectivity index (χ0n) is 18.0. The van der Waals surface area contributed by atoms with E-state index in [9.17, 15) is 14.9 Å². The molecule has 0 unspecified atom stereocenters. The van der Waals surface area contributed by atoms with Crippen molar-refractivity contribution in [3.05, 3.63) is 64.3 Å². The average molecular weight is 436 g/mol. The van der Waals surface area contributed by atoms with E-state index in [1.165, 1.54) is 12.1 Å². The number of rotatable bonds is 6. The molecule has 0 radical (unpaired) electrons. The molecule has 2 heterocycles. The molecule has 0 aliphatic carbocycles. The summed E-state index contributed by atoms with van der Waals surface area (Å²) in [6, 6.07) is 13.1. The highest BCUT2D eigenvalue weighted by molar-refractivity contribution is 5.94. The number of piperidine rings is 1. The molecule has 9 heteroatoms. The number of hydrogen-bond acceptors (Lipinski definition) is 6. The summed E-state index contributed by atoms with van der Waals surface area (Å²) in [7, 11) is 3.14. The summed E-state index contributed by atoms with van der Waals surface area (Å²) >= 11 is 0. The third-order valence-electron chi connectivity index (χ3n) is 5.56. The van der Waals surface area contributed by atoms with Gasteiger partial charge >= 0.3 is 0 Å². The molecule has 9 nitrogen and oxygen atoms in total. The van der Waals surface area contributed by atoms with Gasteiger partial charge in [-0.1, -0.05) is 0 Å². The number of nitrogens with zero attached hydrogens (tertiary/aromatic N) is 4. The predicted octanol–water partition coefficient (Wildman–Crippen LogP) is 4.09. The Labute approximate surface area is 185 Å². The van der Waals surface area contributed by atoms with Gasteiger partial charge in [-0.05, 0) is 49.6 Å². The van der Waals surface area contributed by atoms with Crippen molar-refractivity contribution in [1.29, 1.82) is 0 Å². The molecule has 1 aromatic heterocycles. The van der Waals surface area contributed by atoms with Gasteiger partial charge in [0.15, 0.2) is 0 Å². The van der Waals surface area contributed by atoms with Gasteiger partial charge in [-0.3, -0.25) is 14.9 Å². The molecule has 32 heavy (non-hydrogen) atoms. The Morgan fingerprint density at radius 3 is 2.34 bits per heavy atom. The number of benzene rings is 2. The van der Waals surface area contributed by atoms with Gasteiger partial charge in [-0.2, -0.15) is 5.10 Å². The molecular weight excluding hydrogens is 412 g/mol.